The standard InChI is InChI=1S/C16H29N2Si.2C2H6O.CH3.Ti/c1-11-10-14-12-8-6-7-9-13(12)16(15(14)18(11)3)19(4,5)17-2;2*1-2-3;;/h10,12-16H,6-9H2,1-5H3;2*3H,2H2,1H3;1H3;/q-1;;;-1;+2. The molecular weight excluding hydrogens is 388 g/mol. The first-order valence-electron chi connectivity index (χ1n) is 10.0. The molecule has 0 aromatic rings. The van der Waals surface area contributed by atoms with Gasteiger partial charge in [-0.2, -0.15) is 7.05 Å². The molecule has 0 saturated heterocycles. The van der Waals surface area contributed by atoms with Crippen molar-refractivity contribution in [2.24, 2.45) is 17.8 Å². The first-order chi connectivity index (χ1) is 11.8. The van der Waals surface area contributed by atoms with Gasteiger partial charge in [-0.3, -0.25) is 0 Å². The van der Waals surface area contributed by atoms with Crippen LogP contribution in [0.2, 0.25) is 18.6 Å². The maximum Gasteiger partial charge on any atom is 2.00 e. The Hall–Kier alpha value is 0.351. The molecular formula is C21H44N2O2SiTi. The molecule has 2 aliphatic carbocycles. The van der Waals surface area contributed by atoms with E-state index in [4.69, 9.17) is 15.2 Å². The largest absolute Gasteiger partial charge is 2.00 e. The number of nitrogens with zero attached hydrogens (tertiary/aromatic N) is 2. The summed E-state index contributed by atoms with van der Waals surface area (Å²) in [6, 6.07) is 0.762. The fraction of sp³-hybridized carbons (Fsp3) is 0.857. The molecule has 6 heteroatoms. The van der Waals surface area contributed by atoms with E-state index in [9.17, 15) is 0 Å². The van der Waals surface area contributed by atoms with Crippen LogP contribution in [0.25, 0.3) is 4.98 Å². The molecule has 0 bridgehead atoms. The fourth-order valence-electron chi connectivity index (χ4n) is 5.30. The summed E-state index contributed by atoms with van der Waals surface area (Å²) in [5.41, 5.74) is 2.37. The molecule has 3 rings (SSSR count). The van der Waals surface area contributed by atoms with Crippen LogP contribution in [-0.4, -0.2) is 56.7 Å². The minimum absolute atomic E-state index is 0. The van der Waals surface area contributed by atoms with Crippen molar-refractivity contribution >= 4 is 8.24 Å². The van der Waals surface area contributed by atoms with Gasteiger partial charge in [0.25, 0.3) is 0 Å². The van der Waals surface area contributed by atoms with E-state index in [-0.39, 0.29) is 42.4 Å². The van der Waals surface area contributed by atoms with Crippen molar-refractivity contribution in [3.05, 3.63) is 24.2 Å². The number of aliphatic hydroxyl groups is 2. The predicted molar refractivity (Wildman–Crippen MR) is 117 cm³/mol. The van der Waals surface area contributed by atoms with Crippen LogP contribution < -0.4 is 0 Å². The van der Waals surface area contributed by atoms with E-state index in [1.165, 1.54) is 31.4 Å². The molecule has 1 aliphatic heterocycles. The van der Waals surface area contributed by atoms with Crippen LogP contribution in [0.15, 0.2) is 11.8 Å². The van der Waals surface area contributed by atoms with Crippen LogP contribution in [0.4, 0.5) is 0 Å². The van der Waals surface area contributed by atoms with Crippen molar-refractivity contribution in [1.82, 2.24) is 4.90 Å². The van der Waals surface area contributed by atoms with Gasteiger partial charge in [0.15, 0.2) is 0 Å². The molecule has 158 valence electrons. The van der Waals surface area contributed by atoms with Gasteiger partial charge in [-0.25, -0.2) is 0 Å². The van der Waals surface area contributed by atoms with E-state index in [1.54, 1.807) is 13.8 Å². The Morgan fingerprint density at radius 3 is 2.00 bits per heavy atom. The van der Waals surface area contributed by atoms with Gasteiger partial charge in [0.05, 0.1) is 0 Å². The van der Waals surface area contributed by atoms with E-state index in [1.807, 2.05) is 0 Å². The third kappa shape index (κ3) is 6.68. The first-order valence-corrected chi connectivity index (χ1v) is 13.1. The number of hydrogen-bond acceptors (Lipinski definition) is 3. The Morgan fingerprint density at radius 1 is 1.11 bits per heavy atom. The second-order valence-electron chi connectivity index (χ2n) is 8.13. The monoisotopic (exact) mass is 432 g/mol. The maximum absolute atomic E-state index is 7.57. The number of fused-ring (bicyclic) bond motifs is 3. The minimum Gasteiger partial charge on any atom is -0.667 e. The zero-order valence-electron chi connectivity index (χ0n) is 19.0. The summed E-state index contributed by atoms with van der Waals surface area (Å²) in [5, 5.41) is 15.1. The van der Waals surface area contributed by atoms with Crippen molar-refractivity contribution in [1.29, 1.82) is 0 Å². The van der Waals surface area contributed by atoms with Gasteiger partial charge < -0.3 is 27.5 Å². The van der Waals surface area contributed by atoms with Crippen LogP contribution in [-0.2, 0) is 21.7 Å². The first kappa shape index (κ1) is 29.6. The molecule has 2 saturated carbocycles. The molecule has 0 aromatic carbocycles. The molecule has 0 radical (unpaired) electrons. The average molecular weight is 433 g/mol. The number of aliphatic hydroxyl groups excluding tert-OH is 2. The molecule has 0 spiro atoms. The quantitative estimate of drug-likeness (QED) is 0.493. The van der Waals surface area contributed by atoms with Crippen LogP contribution in [0.1, 0.15) is 46.5 Å². The molecule has 5 unspecified atom stereocenters. The van der Waals surface area contributed by atoms with E-state index < -0.39 is 8.24 Å². The molecule has 4 nitrogen and oxygen atoms in total. The molecule has 2 fully saturated rings. The van der Waals surface area contributed by atoms with Gasteiger partial charge in [0.2, 0.25) is 0 Å². The third-order valence-corrected chi connectivity index (χ3v) is 9.98. The fourth-order valence-corrected chi connectivity index (χ4v) is 8.34. The number of allylic oxidation sites excluding steroid dienone is 1. The van der Waals surface area contributed by atoms with E-state index >= 15 is 0 Å². The Morgan fingerprint density at radius 2 is 1.56 bits per heavy atom. The molecule has 3 aliphatic rings. The Bertz CT molecular complexity index is 432. The summed E-state index contributed by atoms with van der Waals surface area (Å²) >= 11 is 0. The minimum atomic E-state index is -1.46. The van der Waals surface area contributed by atoms with Crippen molar-refractivity contribution in [3.63, 3.8) is 0 Å². The van der Waals surface area contributed by atoms with Crippen molar-refractivity contribution in [3.8, 4) is 0 Å². The summed E-state index contributed by atoms with van der Waals surface area (Å²) in [5.74, 6) is 2.74. The summed E-state index contributed by atoms with van der Waals surface area (Å²) in [6.07, 6.45) is 8.44. The topological polar surface area (TPSA) is 57.8 Å². The summed E-state index contributed by atoms with van der Waals surface area (Å²) in [4.78, 5) is 7.49. The van der Waals surface area contributed by atoms with Crippen LogP contribution in [0, 0.1) is 25.2 Å². The molecule has 1 heterocycles. The van der Waals surface area contributed by atoms with Gasteiger partial charge in [-0.05, 0) is 44.6 Å². The Balaban J connectivity index is 0. The van der Waals surface area contributed by atoms with Crippen LogP contribution in [0.5, 0.6) is 0 Å². The van der Waals surface area contributed by atoms with Gasteiger partial charge in [-0.1, -0.05) is 46.7 Å². The summed E-state index contributed by atoms with van der Waals surface area (Å²) in [7, 11) is 2.94. The van der Waals surface area contributed by atoms with E-state index in [0.717, 1.165) is 29.3 Å². The molecule has 0 aromatic heterocycles. The Kier molecular flexibility index (Phi) is 14.8. The van der Waals surface area contributed by atoms with Crippen LogP contribution in [0.3, 0.4) is 0 Å². The Labute approximate surface area is 185 Å². The smallest absolute Gasteiger partial charge is 0.667 e. The predicted octanol–water partition coefficient (Wildman–Crippen LogP) is 4.66. The second-order valence-corrected chi connectivity index (χ2v) is 12.6. The maximum atomic E-state index is 7.57. The average Bonchev–Trinajstić information content (AvgIpc) is 3.04. The van der Waals surface area contributed by atoms with Gasteiger partial charge >= 0.3 is 21.7 Å². The normalized spacial score (nSPS) is 30.9. The van der Waals surface area contributed by atoms with Gasteiger partial charge in [-0.15, -0.1) is 0 Å². The summed E-state index contributed by atoms with van der Waals surface area (Å²) < 4.78 is 0. The zero-order valence-corrected chi connectivity index (χ0v) is 21.6. The summed E-state index contributed by atoms with van der Waals surface area (Å²) in [6.45, 7) is 11.1. The van der Waals surface area contributed by atoms with E-state index in [0.29, 0.717) is 0 Å². The van der Waals surface area contributed by atoms with Crippen molar-refractivity contribution in [2.45, 2.75) is 71.1 Å². The van der Waals surface area contributed by atoms with Crippen molar-refractivity contribution < 1.29 is 31.9 Å². The molecule has 5 atom stereocenters. The second kappa shape index (κ2) is 13.6. The number of hydrogen-bond donors (Lipinski definition) is 2. The molecule has 2 N–H and O–H groups in total. The van der Waals surface area contributed by atoms with Gasteiger partial charge in [0.1, 0.15) is 0 Å². The SMILES string of the molecule is CCO.CCO.C[N-][Si](C)(C)C1C2CCCCC2C2C=C(C)N(C)C21.[CH3-].[Ti+2]. The zero-order chi connectivity index (χ0) is 19.2. The molecule has 27 heavy (non-hydrogen) atoms. The molecule has 0 amide bonds. The van der Waals surface area contributed by atoms with Gasteiger partial charge in [0, 0.05) is 37.9 Å². The van der Waals surface area contributed by atoms with Crippen molar-refractivity contribution in [2.75, 3.05) is 27.3 Å². The third-order valence-electron chi connectivity index (χ3n) is 6.42. The number of rotatable bonds is 2. The van der Waals surface area contributed by atoms with Crippen LogP contribution >= 0.6 is 0 Å². The van der Waals surface area contributed by atoms with E-state index in [2.05, 4.69) is 45.1 Å².